The number of fused-ring (bicyclic) bond motifs is 1. The molecule has 0 unspecified atom stereocenters. The van der Waals surface area contributed by atoms with E-state index in [-0.39, 0.29) is 16.6 Å². The summed E-state index contributed by atoms with van der Waals surface area (Å²) < 4.78 is 28.3. The van der Waals surface area contributed by atoms with E-state index in [1.54, 1.807) is 65.6 Å². The number of nitrogens with one attached hydrogen (secondary N) is 1. The first-order valence-corrected chi connectivity index (χ1v) is 11.6. The highest BCUT2D eigenvalue weighted by Crippen LogP contribution is 2.26. The highest BCUT2D eigenvalue weighted by atomic mass is 32.2. The van der Waals surface area contributed by atoms with Crippen molar-refractivity contribution in [2.75, 3.05) is 11.9 Å². The van der Waals surface area contributed by atoms with E-state index in [2.05, 4.69) is 22.4 Å². The molecule has 0 aliphatic carbocycles. The summed E-state index contributed by atoms with van der Waals surface area (Å²) in [6.45, 7) is 4.48. The molecule has 3 aromatic rings. The summed E-state index contributed by atoms with van der Waals surface area (Å²) in [6, 6.07) is 22.5. The van der Waals surface area contributed by atoms with Crippen LogP contribution in [-0.2, 0) is 16.6 Å². The molecule has 3 aromatic carbocycles. The lowest BCUT2D eigenvalue weighted by Crippen LogP contribution is -2.30. The third-order valence-electron chi connectivity index (χ3n) is 5.12. The molecular formula is C25H20N4O3S. The highest BCUT2D eigenvalue weighted by Gasteiger charge is 2.28. The van der Waals surface area contributed by atoms with Crippen LogP contribution in [0.3, 0.4) is 0 Å². The molecule has 0 fully saturated rings. The molecule has 4 rings (SSSR count). The zero-order valence-corrected chi connectivity index (χ0v) is 18.4. The Labute approximate surface area is 192 Å². The minimum absolute atomic E-state index is 0.169. The lowest BCUT2D eigenvalue weighted by molar-refractivity contribution is 0.0762. The van der Waals surface area contributed by atoms with E-state index in [1.807, 2.05) is 12.1 Å². The Morgan fingerprint density at radius 1 is 1.06 bits per heavy atom. The maximum absolute atomic E-state index is 13.1. The number of amidine groups is 1. The van der Waals surface area contributed by atoms with Crippen molar-refractivity contribution in [3.63, 3.8) is 0 Å². The number of carbonyl (C=O) groups is 1. The number of hydrogen-bond donors (Lipinski definition) is 1. The Hall–Kier alpha value is -4.22. The van der Waals surface area contributed by atoms with Crippen LogP contribution >= 0.6 is 0 Å². The summed E-state index contributed by atoms with van der Waals surface area (Å²) in [4.78, 5) is 14.9. The topological polar surface area (TPSA) is 103 Å². The first kappa shape index (κ1) is 22.0. The van der Waals surface area contributed by atoms with Gasteiger partial charge >= 0.3 is 0 Å². The summed E-state index contributed by atoms with van der Waals surface area (Å²) >= 11 is 0. The van der Waals surface area contributed by atoms with Gasteiger partial charge in [0.25, 0.3) is 15.9 Å². The molecule has 0 spiro atoms. The fraction of sp³-hybridized carbons (Fsp3) is 0.0800. The van der Waals surface area contributed by atoms with Crippen LogP contribution in [0.25, 0.3) is 0 Å². The Morgan fingerprint density at radius 2 is 1.76 bits per heavy atom. The van der Waals surface area contributed by atoms with Crippen LogP contribution in [0.4, 0.5) is 5.69 Å². The number of nitrogens with zero attached hydrogens (tertiary/aromatic N) is 3. The van der Waals surface area contributed by atoms with Crippen molar-refractivity contribution in [1.82, 2.24) is 4.90 Å². The van der Waals surface area contributed by atoms with Gasteiger partial charge in [0, 0.05) is 29.9 Å². The third-order valence-corrected chi connectivity index (χ3v) is 6.45. The number of benzene rings is 3. The first-order valence-electron chi connectivity index (χ1n) is 10.1. The molecule has 0 saturated heterocycles. The summed E-state index contributed by atoms with van der Waals surface area (Å²) in [5.41, 5.74) is 3.07. The zero-order chi connectivity index (χ0) is 23.4. The number of hydrogen-bond acceptors (Lipinski definition) is 5. The van der Waals surface area contributed by atoms with Crippen molar-refractivity contribution >= 4 is 27.5 Å². The molecule has 0 saturated carbocycles. The average Bonchev–Trinajstić information content (AvgIpc) is 3.09. The minimum atomic E-state index is -3.71. The fourth-order valence-electron chi connectivity index (χ4n) is 3.49. The molecule has 0 radical (unpaired) electrons. The molecule has 1 N–H and O–H groups in total. The lowest BCUT2D eigenvalue weighted by atomic mass is 10.1. The molecule has 7 nitrogen and oxygen atoms in total. The molecule has 1 aliphatic heterocycles. The SMILES string of the molecule is C=CCN(Cc1ccc(C#N)cc1)C(=O)c1ccc(NC2=NS(=O)(=O)c3ccccc32)cc1. The molecule has 164 valence electrons. The van der Waals surface area contributed by atoms with E-state index in [1.165, 1.54) is 6.07 Å². The number of rotatable bonds is 6. The van der Waals surface area contributed by atoms with Gasteiger partial charge in [0.15, 0.2) is 5.84 Å². The molecule has 8 heteroatoms. The molecular weight excluding hydrogens is 436 g/mol. The number of sulfonamides is 1. The van der Waals surface area contributed by atoms with Gasteiger partial charge in [-0.05, 0) is 54.1 Å². The first-order chi connectivity index (χ1) is 15.9. The Balaban J connectivity index is 1.50. The van der Waals surface area contributed by atoms with E-state index in [0.29, 0.717) is 35.5 Å². The monoisotopic (exact) mass is 456 g/mol. The fourth-order valence-corrected chi connectivity index (χ4v) is 4.67. The maximum Gasteiger partial charge on any atom is 0.285 e. The van der Waals surface area contributed by atoms with Gasteiger partial charge in [0.2, 0.25) is 0 Å². The normalized spacial score (nSPS) is 13.4. The van der Waals surface area contributed by atoms with Gasteiger partial charge in [-0.3, -0.25) is 4.79 Å². The largest absolute Gasteiger partial charge is 0.339 e. The molecule has 0 atom stereocenters. The average molecular weight is 457 g/mol. The van der Waals surface area contributed by atoms with Gasteiger partial charge in [-0.25, -0.2) is 0 Å². The van der Waals surface area contributed by atoms with Crippen LogP contribution < -0.4 is 5.32 Å². The van der Waals surface area contributed by atoms with E-state index in [4.69, 9.17) is 5.26 Å². The van der Waals surface area contributed by atoms with Crippen LogP contribution in [-0.4, -0.2) is 31.6 Å². The van der Waals surface area contributed by atoms with E-state index in [9.17, 15) is 13.2 Å². The van der Waals surface area contributed by atoms with Gasteiger partial charge in [0.05, 0.1) is 11.6 Å². The molecule has 1 amide bonds. The minimum Gasteiger partial charge on any atom is -0.339 e. The summed E-state index contributed by atoms with van der Waals surface area (Å²) in [5, 5.41) is 12.0. The Bertz CT molecular complexity index is 1390. The number of carbonyl (C=O) groups excluding carboxylic acids is 1. The predicted octanol–water partition coefficient (Wildman–Crippen LogP) is 3.95. The second kappa shape index (κ2) is 9.10. The maximum atomic E-state index is 13.1. The van der Waals surface area contributed by atoms with Gasteiger partial charge in [-0.1, -0.05) is 30.3 Å². The molecule has 1 heterocycles. The second-order valence-electron chi connectivity index (χ2n) is 7.40. The molecule has 33 heavy (non-hydrogen) atoms. The third kappa shape index (κ3) is 4.68. The summed E-state index contributed by atoms with van der Waals surface area (Å²) in [6.07, 6.45) is 1.66. The highest BCUT2D eigenvalue weighted by molar-refractivity contribution is 7.90. The van der Waals surface area contributed by atoms with Crippen LogP contribution in [0, 0.1) is 11.3 Å². The molecule has 0 bridgehead atoms. The number of nitriles is 1. The second-order valence-corrected chi connectivity index (χ2v) is 8.97. The van der Waals surface area contributed by atoms with Crippen LogP contribution in [0.15, 0.2) is 94.7 Å². The summed E-state index contributed by atoms with van der Waals surface area (Å²) in [5.74, 6) is 0.0794. The quantitative estimate of drug-likeness (QED) is 0.566. The van der Waals surface area contributed by atoms with Crippen molar-refractivity contribution in [2.45, 2.75) is 11.4 Å². The molecule has 0 aromatic heterocycles. The van der Waals surface area contributed by atoms with Crippen LogP contribution in [0.1, 0.15) is 27.0 Å². The Morgan fingerprint density at radius 3 is 2.42 bits per heavy atom. The predicted molar refractivity (Wildman–Crippen MR) is 126 cm³/mol. The van der Waals surface area contributed by atoms with Crippen LogP contribution in [0.5, 0.6) is 0 Å². The van der Waals surface area contributed by atoms with Gasteiger partial charge in [0.1, 0.15) is 4.90 Å². The lowest BCUT2D eigenvalue weighted by Gasteiger charge is -2.21. The van der Waals surface area contributed by atoms with Crippen molar-refractivity contribution in [3.8, 4) is 6.07 Å². The van der Waals surface area contributed by atoms with Crippen LogP contribution in [0.2, 0.25) is 0 Å². The standard InChI is InChI=1S/C25H20N4O3S/c1-2-15-29(17-19-9-7-18(16-26)8-10-19)25(30)20-11-13-21(14-12-20)27-24-22-5-3-4-6-23(22)33(31,32)28-24/h2-14H,1,15,17H2,(H,27,28). The zero-order valence-electron chi connectivity index (χ0n) is 17.6. The smallest absolute Gasteiger partial charge is 0.285 e. The number of amides is 1. The van der Waals surface area contributed by atoms with E-state index >= 15 is 0 Å². The number of anilines is 1. The van der Waals surface area contributed by atoms with Crippen molar-refractivity contribution in [1.29, 1.82) is 5.26 Å². The van der Waals surface area contributed by atoms with E-state index in [0.717, 1.165) is 5.56 Å². The van der Waals surface area contributed by atoms with Crippen molar-refractivity contribution < 1.29 is 13.2 Å². The van der Waals surface area contributed by atoms with Crippen molar-refractivity contribution in [3.05, 3.63) is 108 Å². The van der Waals surface area contributed by atoms with Gasteiger partial charge in [-0.2, -0.15) is 13.7 Å². The summed E-state index contributed by atoms with van der Waals surface area (Å²) in [7, 11) is -3.71. The van der Waals surface area contributed by atoms with Gasteiger partial charge in [-0.15, -0.1) is 11.0 Å². The molecule has 1 aliphatic rings. The van der Waals surface area contributed by atoms with Gasteiger partial charge < -0.3 is 10.2 Å². The van der Waals surface area contributed by atoms with E-state index < -0.39 is 10.0 Å². The Kier molecular flexibility index (Phi) is 6.07. The van der Waals surface area contributed by atoms with Crippen molar-refractivity contribution in [2.24, 2.45) is 4.40 Å².